The number of amides is 1. The van der Waals surface area contributed by atoms with Crippen molar-refractivity contribution in [1.29, 1.82) is 0 Å². The van der Waals surface area contributed by atoms with Crippen LogP contribution in [0.3, 0.4) is 0 Å². The van der Waals surface area contributed by atoms with Crippen molar-refractivity contribution >= 4 is 22.4 Å². The van der Waals surface area contributed by atoms with Crippen molar-refractivity contribution in [2.45, 2.75) is 25.3 Å². The molecule has 1 fully saturated rings. The van der Waals surface area contributed by atoms with Gasteiger partial charge in [-0.2, -0.15) is 0 Å². The van der Waals surface area contributed by atoms with E-state index in [4.69, 9.17) is 0 Å². The lowest BCUT2D eigenvalue weighted by Crippen LogP contribution is -2.37. The lowest BCUT2D eigenvalue weighted by molar-refractivity contribution is -0.119. The molecule has 2 heterocycles. The lowest BCUT2D eigenvalue weighted by atomic mass is 10.1. The average molecular weight is 319 g/mol. The van der Waals surface area contributed by atoms with Crippen LogP contribution < -0.4 is 5.32 Å². The normalized spacial score (nSPS) is 18.5. The van der Waals surface area contributed by atoms with E-state index in [2.05, 4.69) is 15.2 Å². The van der Waals surface area contributed by atoms with Crippen molar-refractivity contribution in [2.24, 2.45) is 0 Å². The molecular formula is C16H18FN3OS. The Labute approximate surface area is 133 Å². The van der Waals surface area contributed by atoms with E-state index >= 15 is 0 Å². The maximum atomic E-state index is 13.2. The minimum absolute atomic E-state index is 0.00616. The number of carbonyl (C=O) groups excluding carboxylic acids is 1. The van der Waals surface area contributed by atoms with E-state index in [1.807, 2.05) is 13.1 Å². The van der Waals surface area contributed by atoms with Gasteiger partial charge in [-0.15, -0.1) is 11.3 Å². The van der Waals surface area contributed by atoms with Crippen LogP contribution in [-0.4, -0.2) is 35.4 Å². The third-order valence-corrected chi connectivity index (χ3v) is 4.79. The van der Waals surface area contributed by atoms with E-state index in [1.54, 1.807) is 12.3 Å². The Morgan fingerprint density at radius 1 is 1.55 bits per heavy atom. The summed E-state index contributed by atoms with van der Waals surface area (Å²) in [7, 11) is 1.97. The van der Waals surface area contributed by atoms with Crippen molar-refractivity contribution in [3.63, 3.8) is 0 Å². The second-order valence-corrected chi connectivity index (χ2v) is 6.68. The molecule has 22 heavy (non-hydrogen) atoms. The molecule has 1 aliphatic rings. The number of anilines is 1. The summed E-state index contributed by atoms with van der Waals surface area (Å²) in [6, 6.07) is 6.47. The molecule has 1 N–H and O–H groups in total. The van der Waals surface area contributed by atoms with Gasteiger partial charge in [0.15, 0.2) is 5.13 Å². The first kappa shape index (κ1) is 15.1. The van der Waals surface area contributed by atoms with Crippen LogP contribution in [0.2, 0.25) is 0 Å². The molecule has 116 valence electrons. The third kappa shape index (κ3) is 3.51. The Bertz CT molecular complexity index is 673. The SMILES string of the molecule is CN1CCC[C@@H]1C(=O)Nc1ncc(Cc2cccc(F)c2)s1. The quantitative estimate of drug-likeness (QED) is 0.942. The Kier molecular flexibility index (Phi) is 4.49. The molecule has 0 aliphatic carbocycles. The summed E-state index contributed by atoms with van der Waals surface area (Å²) in [6.07, 6.45) is 4.30. The highest BCUT2D eigenvalue weighted by atomic mass is 32.1. The number of nitrogens with zero attached hydrogens (tertiary/aromatic N) is 2. The zero-order chi connectivity index (χ0) is 15.5. The van der Waals surface area contributed by atoms with Crippen LogP contribution in [0.1, 0.15) is 23.3 Å². The number of benzene rings is 1. The molecule has 0 saturated carbocycles. The highest BCUT2D eigenvalue weighted by Crippen LogP contribution is 2.23. The second-order valence-electron chi connectivity index (χ2n) is 5.57. The molecule has 6 heteroatoms. The molecule has 1 saturated heterocycles. The number of likely N-dealkylation sites (tertiary alicyclic amines) is 1. The van der Waals surface area contributed by atoms with Crippen molar-refractivity contribution < 1.29 is 9.18 Å². The Balaban J connectivity index is 1.62. The zero-order valence-electron chi connectivity index (χ0n) is 12.4. The smallest absolute Gasteiger partial charge is 0.243 e. The van der Waals surface area contributed by atoms with Crippen LogP contribution in [-0.2, 0) is 11.2 Å². The van der Waals surface area contributed by atoms with E-state index in [-0.39, 0.29) is 17.8 Å². The molecule has 1 aromatic heterocycles. The summed E-state index contributed by atoms with van der Waals surface area (Å²) in [4.78, 5) is 19.5. The van der Waals surface area contributed by atoms with E-state index in [0.717, 1.165) is 29.8 Å². The molecule has 4 nitrogen and oxygen atoms in total. The number of thiazole rings is 1. The first-order valence-electron chi connectivity index (χ1n) is 7.32. The summed E-state index contributed by atoms with van der Waals surface area (Å²) in [5.74, 6) is -0.230. The monoisotopic (exact) mass is 319 g/mol. The number of likely N-dealkylation sites (N-methyl/N-ethyl adjacent to an activating group) is 1. The highest BCUT2D eigenvalue weighted by Gasteiger charge is 2.28. The lowest BCUT2D eigenvalue weighted by Gasteiger charge is -2.17. The van der Waals surface area contributed by atoms with Gasteiger partial charge in [0.25, 0.3) is 0 Å². The fourth-order valence-corrected chi connectivity index (χ4v) is 3.57. The summed E-state index contributed by atoms with van der Waals surface area (Å²) in [5, 5.41) is 3.49. The molecule has 1 aromatic carbocycles. The van der Waals surface area contributed by atoms with Crippen LogP contribution in [0.25, 0.3) is 0 Å². The second kappa shape index (κ2) is 6.54. The molecule has 1 atom stereocenters. The number of hydrogen-bond acceptors (Lipinski definition) is 4. The molecule has 3 rings (SSSR count). The Morgan fingerprint density at radius 2 is 2.41 bits per heavy atom. The van der Waals surface area contributed by atoms with E-state index in [0.29, 0.717) is 11.6 Å². The maximum absolute atomic E-state index is 13.2. The van der Waals surface area contributed by atoms with Crippen molar-refractivity contribution in [2.75, 3.05) is 18.9 Å². The van der Waals surface area contributed by atoms with Crippen molar-refractivity contribution in [1.82, 2.24) is 9.88 Å². The number of carbonyl (C=O) groups is 1. The number of nitrogens with one attached hydrogen (secondary N) is 1. The topological polar surface area (TPSA) is 45.2 Å². The van der Waals surface area contributed by atoms with E-state index in [1.165, 1.54) is 23.5 Å². The molecule has 0 radical (unpaired) electrons. The van der Waals surface area contributed by atoms with E-state index in [9.17, 15) is 9.18 Å². The van der Waals surface area contributed by atoms with Gasteiger partial charge in [0.05, 0.1) is 6.04 Å². The minimum Gasteiger partial charge on any atom is -0.301 e. The summed E-state index contributed by atoms with van der Waals surface area (Å²) in [5.41, 5.74) is 0.900. The molecule has 0 spiro atoms. The molecule has 1 amide bonds. The predicted octanol–water partition coefficient (Wildman–Crippen LogP) is 2.91. The van der Waals surface area contributed by atoms with Gasteiger partial charge in [-0.25, -0.2) is 9.37 Å². The molecular weight excluding hydrogens is 301 g/mol. The Morgan fingerprint density at radius 3 is 3.14 bits per heavy atom. The van der Waals surface area contributed by atoms with Gasteiger partial charge in [-0.1, -0.05) is 12.1 Å². The molecule has 0 bridgehead atoms. The van der Waals surface area contributed by atoms with Crippen LogP contribution in [0, 0.1) is 5.82 Å². The standard InChI is InChI=1S/C16H18FN3OS/c1-20-7-3-6-14(20)15(21)19-16-18-10-13(22-16)9-11-4-2-5-12(17)8-11/h2,4-5,8,10,14H,3,6-7,9H2,1H3,(H,18,19,21)/t14-/m1/s1. The fourth-order valence-electron chi connectivity index (χ4n) is 2.73. The predicted molar refractivity (Wildman–Crippen MR) is 85.6 cm³/mol. The van der Waals surface area contributed by atoms with Gasteiger partial charge < -0.3 is 5.32 Å². The number of rotatable bonds is 4. The molecule has 2 aromatic rings. The first-order valence-corrected chi connectivity index (χ1v) is 8.14. The zero-order valence-corrected chi connectivity index (χ0v) is 13.2. The van der Waals surface area contributed by atoms with Gasteiger partial charge in [0, 0.05) is 17.5 Å². The average Bonchev–Trinajstić information content (AvgIpc) is 3.08. The summed E-state index contributed by atoms with van der Waals surface area (Å²) < 4.78 is 13.2. The summed E-state index contributed by atoms with van der Waals surface area (Å²) >= 11 is 1.44. The highest BCUT2D eigenvalue weighted by molar-refractivity contribution is 7.15. The van der Waals surface area contributed by atoms with Gasteiger partial charge >= 0.3 is 0 Å². The van der Waals surface area contributed by atoms with Gasteiger partial charge in [0.2, 0.25) is 5.91 Å². The van der Waals surface area contributed by atoms with Crippen molar-refractivity contribution in [3.05, 3.63) is 46.7 Å². The van der Waals surface area contributed by atoms with Crippen molar-refractivity contribution in [3.8, 4) is 0 Å². The fraction of sp³-hybridized carbons (Fsp3) is 0.375. The number of halogens is 1. The van der Waals surface area contributed by atoms with Crippen LogP contribution >= 0.6 is 11.3 Å². The summed E-state index contributed by atoms with van der Waals surface area (Å²) in [6.45, 7) is 0.959. The third-order valence-electron chi connectivity index (χ3n) is 3.87. The number of aromatic nitrogens is 1. The molecule has 0 unspecified atom stereocenters. The molecule has 1 aliphatic heterocycles. The minimum atomic E-state index is -0.236. The van der Waals surface area contributed by atoms with E-state index < -0.39 is 0 Å². The van der Waals surface area contributed by atoms with Crippen LogP contribution in [0.5, 0.6) is 0 Å². The van der Waals surface area contributed by atoms with Crippen LogP contribution in [0.15, 0.2) is 30.5 Å². The van der Waals surface area contributed by atoms with Gasteiger partial charge in [-0.05, 0) is 44.1 Å². The first-order chi connectivity index (χ1) is 10.6. The van der Waals surface area contributed by atoms with Crippen LogP contribution in [0.4, 0.5) is 9.52 Å². The Hall–Kier alpha value is -1.79. The van der Waals surface area contributed by atoms with Gasteiger partial charge in [-0.3, -0.25) is 9.69 Å². The van der Waals surface area contributed by atoms with Gasteiger partial charge in [0.1, 0.15) is 5.82 Å². The largest absolute Gasteiger partial charge is 0.301 e. The maximum Gasteiger partial charge on any atom is 0.243 e. The number of hydrogen-bond donors (Lipinski definition) is 1.